The van der Waals surface area contributed by atoms with Gasteiger partial charge in [0.05, 0.1) is 17.4 Å². The van der Waals surface area contributed by atoms with Crippen molar-refractivity contribution in [1.29, 1.82) is 0 Å². The maximum absolute atomic E-state index is 14.6. The molecule has 2 aromatic carbocycles. The standard InChI is InChI=1S/C31H35N3O5/c1-3-30-14-8-16-32(2)27(36)24(30)25-28(37)34(17-6-7-19-35)26-29(38)33(18-9-15-31(25,26)39-30)23-13-12-21-10-4-5-11-22(21)20-23/h4-5,8-15,20,24-26,35H,3,6-7,16-19H2,1-2H3/t24-,25+,26?,30+,31+/m1/s1. The molecule has 1 N–H and O–H groups in total. The monoisotopic (exact) mass is 529 g/mol. The Labute approximate surface area is 228 Å². The first-order valence-electron chi connectivity index (χ1n) is 13.9. The minimum absolute atomic E-state index is 0.00444. The van der Waals surface area contributed by atoms with E-state index >= 15 is 0 Å². The Morgan fingerprint density at radius 2 is 1.69 bits per heavy atom. The molecule has 4 heterocycles. The number of carbonyl (C=O) groups is 3. The van der Waals surface area contributed by atoms with Gasteiger partial charge in [-0.15, -0.1) is 0 Å². The molecule has 0 aromatic heterocycles. The third-order valence-electron chi connectivity index (χ3n) is 8.99. The number of aliphatic hydroxyl groups is 1. The van der Waals surface area contributed by atoms with Crippen molar-refractivity contribution in [2.45, 2.75) is 43.4 Å². The second kappa shape index (κ2) is 9.61. The summed E-state index contributed by atoms with van der Waals surface area (Å²) in [5, 5.41) is 11.5. The summed E-state index contributed by atoms with van der Waals surface area (Å²) in [6, 6.07) is 13.0. The molecule has 4 aliphatic rings. The van der Waals surface area contributed by atoms with Crippen LogP contribution in [0.4, 0.5) is 5.69 Å². The summed E-state index contributed by atoms with van der Waals surface area (Å²) in [6.45, 7) is 3.06. The van der Waals surface area contributed by atoms with Gasteiger partial charge >= 0.3 is 0 Å². The van der Waals surface area contributed by atoms with E-state index in [9.17, 15) is 19.5 Å². The van der Waals surface area contributed by atoms with Crippen molar-refractivity contribution in [3.8, 4) is 0 Å². The summed E-state index contributed by atoms with van der Waals surface area (Å²) in [4.78, 5) is 47.6. The van der Waals surface area contributed by atoms with Gasteiger partial charge in [-0.1, -0.05) is 61.6 Å². The van der Waals surface area contributed by atoms with Gasteiger partial charge < -0.3 is 24.5 Å². The van der Waals surface area contributed by atoms with E-state index in [1.54, 1.807) is 21.7 Å². The van der Waals surface area contributed by atoms with E-state index in [4.69, 9.17) is 4.74 Å². The lowest BCUT2D eigenvalue weighted by Gasteiger charge is -2.38. The van der Waals surface area contributed by atoms with Gasteiger partial charge in [0.15, 0.2) is 0 Å². The van der Waals surface area contributed by atoms with Crippen molar-refractivity contribution in [2.24, 2.45) is 11.8 Å². The summed E-state index contributed by atoms with van der Waals surface area (Å²) in [6.07, 6.45) is 9.24. The van der Waals surface area contributed by atoms with Gasteiger partial charge in [0.2, 0.25) is 11.8 Å². The van der Waals surface area contributed by atoms with E-state index in [0.717, 1.165) is 16.5 Å². The molecule has 8 heteroatoms. The molecule has 39 heavy (non-hydrogen) atoms. The lowest BCUT2D eigenvalue weighted by atomic mass is 9.73. The highest BCUT2D eigenvalue weighted by molar-refractivity contribution is 6.06. The van der Waals surface area contributed by atoms with E-state index in [2.05, 4.69) is 0 Å². The van der Waals surface area contributed by atoms with Crippen LogP contribution in [0.2, 0.25) is 0 Å². The van der Waals surface area contributed by atoms with E-state index in [1.165, 1.54) is 0 Å². The predicted octanol–water partition coefficient (Wildman–Crippen LogP) is 2.90. The maximum Gasteiger partial charge on any atom is 0.253 e. The van der Waals surface area contributed by atoms with Crippen molar-refractivity contribution >= 4 is 34.2 Å². The Morgan fingerprint density at radius 3 is 2.46 bits per heavy atom. The summed E-state index contributed by atoms with van der Waals surface area (Å²) in [5.41, 5.74) is -1.49. The number of likely N-dealkylation sites (tertiary alicyclic amines) is 1. The van der Waals surface area contributed by atoms with Gasteiger partial charge in [0, 0.05) is 39.0 Å². The first kappa shape index (κ1) is 25.8. The van der Waals surface area contributed by atoms with E-state index in [0.29, 0.717) is 38.9 Å². The van der Waals surface area contributed by atoms with Crippen LogP contribution < -0.4 is 4.90 Å². The molecule has 8 nitrogen and oxygen atoms in total. The number of hydrogen-bond donors (Lipinski definition) is 1. The lowest BCUT2D eigenvalue weighted by molar-refractivity contribution is -0.149. The Hall–Kier alpha value is -3.49. The molecule has 0 aliphatic carbocycles. The van der Waals surface area contributed by atoms with Crippen molar-refractivity contribution < 1.29 is 24.2 Å². The van der Waals surface area contributed by atoms with Crippen LogP contribution in [0, 0.1) is 11.8 Å². The van der Waals surface area contributed by atoms with E-state index in [-0.39, 0.29) is 24.3 Å². The number of likely N-dealkylation sites (N-methyl/N-ethyl adjacent to an activating group) is 1. The first-order valence-corrected chi connectivity index (χ1v) is 13.9. The molecule has 0 saturated carbocycles. The predicted molar refractivity (Wildman–Crippen MR) is 148 cm³/mol. The average molecular weight is 530 g/mol. The molecule has 5 atom stereocenters. The maximum atomic E-state index is 14.6. The molecule has 2 fully saturated rings. The number of unbranched alkanes of at least 4 members (excludes halogenated alkanes) is 1. The van der Waals surface area contributed by atoms with E-state index < -0.39 is 29.1 Å². The minimum Gasteiger partial charge on any atom is -0.396 e. The van der Waals surface area contributed by atoms with Gasteiger partial charge in [0.1, 0.15) is 11.6 Å². The SMILES string of the molecule is CC[C@]12C=CCN(C)C(=O)[C@H]1[C@H]1C(=O)N(CCCCO)C3C(=O)N(c4ccc5ccccc5c4)CC=C[C@@]31O2. The fraction of sp³-hybridized carbons (Fsp3) is 0.452. The normalized spacial score (nSPS) is 31.9. The van der Waals surface area contributed by atoms with E-state index in [1.807, 2.05) is 73.7 Å². The minimum atomic E-state index is -1.27. The molecular formula is C31H35N3O5. The summed E-state index contributed by atoms with van der Waals surface area (Å²) >= 11 is 0. The third kappa shape index (κ3) is 3.76. The molecule has 1 unspecified atom stereocenters. The van der Waals surface area contributed by atoms with Crippen LogP contribution in [-0.2, 0) is 19.1 Å². The van der Waals surface area contributed by atoms with Gasteiger partial charge in [0.25, 0.3) is 5.91 Å². The number of rotatable bonds is 6. The zero-order valence-corrected chi connectivity index (χ0v) is 22.5. The summed E-state index contributed by atoms with van der Waals surface area (Å²) in [5.74, 6) is -2.12. The van der Waals surface area contributed by atoms with Crippen molar-refractivity contribution in [3.63, 3.8) is 0 Å². The smallest absolute Gasteiger partial charge is 0.253 e. The molecule has 2 saturated heterocycles. The zero-order chi connectivity index (χ0) is 27.4. The average Bonchev–Trinajstić information content (AvgIpc) is 3.24. The Morgan fingerprint density at radius 1 is 0.923 bits per heavy atom. The van der Waals surface area contributed by atoms with Gasteiger partial charge in [-0.2, -0.15) is 0 Å². The van der Waals surface area contributed by atoms with Crippen molar-refractivity contribution in [3.05, 3.63) is 66.8 Å². The van der Waals surface area contributed by atoms with Crippen LogP contribution >= 0.6 is 0 Å². The fourth-order valence-corrected chi connectivity index (χ4v) is 7.09. The van der Waals surface area contributed by atoms with Crippen LogP contribution in [0.3, 0.4) is 0 Å². The molecule has 6 rings (SSSR count). The third-order valence-corrected chi connectivity index (χ3v) is 8.99. The number of carbonyl (C=O) groups excluding carboxylic acids is 3. The second-order valence-electron chi connectivity index (χ2n) is 11.1. The summed E-state index contributed by atoms with van der Waals surface area (Å²) in [7, 11) is 1.74. The quantitative estimate of drug-likeness (QED) is 0.459. The highest BCUT2D eigenvalue weighted by Crippen LogP contribution is 2.58. The molecule has 204 valence electrons. The molecule has 2 aromatic rings. The second-order valence-corrected chi connectivity index (χ2v) is 11.1. The highest BCUT2D eigenvalue weighted by atomic mass is 16.5. The number of benzene rings is 2. The first-order chi connectivity index (χ1) is 18.9. The number of nitrogens with zero attached hydrogens (tertiary/aromatic N) is 3. The number of amides is 3. The number of hydrogen-bond acceptors (Lipinski definition) is 5. The van der Waals surface area contributed by atoms with Crippen LogP contribution in [0.15, 0.2) is 66.8 Å². The molecular weight excluding hydrogens is 494 g/mol. The van der Waals surface area contributed by atoms with Crippen LogP contribution in [0.25, 0.3) is 10.8 Å². The fourth-order valence-electron chi connectivity index (χ4n) is 7.09. The summed E-state index contributed by atoms with van der Waals surface area (Å²) < 4.78 is 6.95. The Kier molecular flexibility index (Phi) is 6.35. The van der Waals surface area contributed by atoms with Gasteiger partial charge in [-0.05, 0) is 42.2 Å². The number of fused-ring (bicyclic) bond motifs is 3. The molecule has 0 bridgehead atoms. The van der Waals surface area contributed by atoms with Gasteiger partial charge in [-0.25, -0.2) is 0 Å². The van der Waals surface area contributed by atoms with Gasteiger partial charge in [-0.3, -0.25) is 14.4 Å². The largest absolute Gasteiger partial charge is 0.396 e. The number of aliphatic hydroxyl groups excluding tert-OH is 1. The van der Waals surface area contributed by atoms with Crippen molar-refractivity contribution in [1.82, 2.24) is 9.80 Å². The zero-order valence-electron chi connectivity index (χ0n) is 22.5. The Bertz CT molecular complexity index is 1390. The molecule has 3 amide bonds. The van der Waals surface area contributed by atoms with Crippen molar-refractivity contribution in [2.75, 3.05) is 38.2 Å². The number of anilines is 1. The topological polar surface area (TPSA) is 90.4 Å². The van der Waals surface area contributed by atoms with Crippen LogP contribution in [0.1, 0.15) is 26.2 Å². The molecule has 1 spiro atoms. The van der Waals surface area contributed by atoms with Crippen LogP contribution in [-0.4, -0.2) is 83.2 Å². The Balaban J connectivity index is 1.47. The van der Waals surface area contributed by atoms with Crippen LogP contribution in [0.5, 0.6) is 0 Å². The molecule has 4 aliphatic heterocycles. The molecule has 0 radical (unpaired) electrons. The highest BCUT2D eigenvalue weighted by Gasteiger charge is 2.75. The lowest BCUT2D eigenvalue weighted by Crippen LogP contribution is -2.56. The number of ether oxygens (including phenoxy) is 1.